The fraction of sp³-hybridized carbons (Fsp3) is 0.350. The van der Waals surface area contributed by atoms with Crippen LogP contribution in [0, 0.1) is 6.92 Å². The summed E-state index contributed by atoms with van der Waals surface area (Å²) in [6.07, 6.45) is 6.48. The molecular weight excluding hydrogens is 380 g/mol. The van der Waals surface area contributed by atoms with E-state index in [0.717, 1.165) is 29.7 Å². The minimum absolute atomic E-state index is 0.122. The number of thioether (sulfide) groups is 1. The van der Waals surface area contributed by atoms with E-state index in [1.807, 2.05) is 43.3 Å². The van der Waals surface area contributed by atoms with Gasteiger partial charge in [-0.1, -0.05) is 54.8 Å². The van der Waals surface area contributed by atoms with Crippen molar-refractivity contribution < 1.29 is 4.79 Å². The zero-order chi connectivity index (χ0) is 18.8. The second kappa shape index (κ2) is 7.90. The number of carbonyl (C=O) groups excluding carboxylic acids is 1. The van der Waals surface area contributed by atoms with Crippen LogP contribution in [0.3, 0.4) is 0 Å². The summed E-state index contributed by atoms with van der Waals surface area (Å²) < 4.78 is 1.77. The maximum atomic E-state index is 12.3. The summed E-state index contributed by atoms with van der Waals surface area (Å²) in [6, 6.07) is 10.4. The number of carbonyl (C=O) groups is 1. The number of hydrogen-bond acceptors (Lipinski definition) is 4. The molecule has 1 saturated heterocycles. The molecule has 7 heteroatoms. The summed E-state index contributed by atoms with van der Waals surface area (Å²) in [7, 11) is 0. The molecule has 1 aromatic heterocycles. The van der Waals surface area contributed by atoms with Gasteiger partial charge in [-0.05, 0) is 43.2 Å². The number of aromatic nitrogens is 2. The van der Waals surface area contributed by atoms with E-state index in [9.17, 15) is 4.79 Å². The summed E-state index contributed by atoms with van der Waals surface area (Å²) in [5, 5.41) is 8.65. The van der Waals surface area contributed by atoms with Crippen LogP contribution in [0.15, 0.2) is 40.2 Å². The Bertz CT molecular complexity index is 914. The van der Waals surface area contributed by atoms with Crippen LogP contribution in [0.25, 0.3) is 6.08 Å². The lowest BCUT2D eigenvalue weighted by atomic mass is 10.2. The van der Waals surface area contributed by atoms with Crippen LogP contribution in [-0.4, -0.2) is 26.9 Å². The monoisotopic (exact) mass is 400 g/mol. The Morgan fingerprint density at radius 3 is 2.81 bits per heavy atom. The predicted octanol–water partition coefficient (Wildman–Crippen LogP) is 4.40. The number of amidine groups is 1. The highest BCUT2D eigenvalue weighted by atomic mass is 35.5. The molecule has 1 aliphatic carbocycles. The number of hydrogen-bond donors (Lipinski definition) is 1. The number of halogens is 1. The molecule has 0 radical (unpaired) electrons. The van der Waals surface area contributed by atoms with Gasteiger partial charge < -0.3 is 5.32 Å². The van der Waals surface area contributed by atoms with E-state index in [2.05, 4.69) is 15.4 Å². The molecule has 2 fully saturated rings. The normalized spacial score (nSPS) is 20.7. The number of aliphatic imine (C=N–C) groups is 1. The highest BCUT2D eigenvalue weighted by molar-refractivity contribution is 8.18. The number of benzene rings is 1. The van der Waals surface area contributed by atoms with Crippen molar-refractivity contribution in [1.82, 2.24) is 15.1 Å². The average Bonchev–Trinajstić information content (AvgIpc) is 3.34. The third-order valence-corrected chi connectivity index (χ3v) is 6.16. The van der Waals surface area contributed by atoms with Crippen molar-refractivity contribution >= 4 is 40.5 Å². The van der Waals surface area contributed by atoms with Gasteiger partial charge in [0.1, 0.15) is 5.15 Å². The zero-order valence-electron chi connectivity index (χ0n) is 15.1. The van der Waals surface area contributed by atoms with Crippen molar-refractivity contribution in [3.63, 3.8) is 0 Å². The summed E-state index contributed by atoms with van der Waals surface area (Å²) in [6.45, 7) is 2.50. The maximum absolute atomic E-state index is 12.3. The van der Waals surface area contributed by atoms with Gasteiger partial charge in [-0.25, -0.2) is 4.68 Å². The van der Waals surface area contributed by atoms with Crippen molar-refractivity contribution in [2.45, 2.75) is 45.2 Å². The first-order chi connectivity index (χ1) is 13.1. The Morgan fingerprint density at radius 1 is 1.33 bits per heavy atom. The minimum atomic E-state index is -0.122. The first-order valence-corrected chi connectivity index (χ1v) is 10.3. The molecule has 1 saturated carbocycles. The van der Waals surface area contributed by atoms with Crippen LogP contribution in [0.4, 0.5) is 0 Å². The van der Waals surface area contributed by atoms with Crippen LogP contribution in [0.5, 0.6) is 0 Å². The van der Waals surface area contributed by atoms with Crippen LogP contribution >= 0.6 is 23.4 Å². The van der Waals surface area contributed by atoms with Crippen molar-refractivity contribution in [2.24, 2.45) is 4.99 Å². The van der Waals surface area contributed by atoms with Gasteiger partial charge in [0.15, 0.2) is 5.17 Å². The standard InChI is InChI=1S/C20H21ClN4OS/c1-13-16(18(21)25(24-13)12-14-7-3-2-4-8-14)11-17-19(26)23-20(27-17)22-15-9-5-6-10-15/h2-4,7-8,11,15H,5-6,9-10,12H2,1H3,(H,22,23,26)/b17-11-. The van der Waals surface area contributed by atoms with Gasteiger partial charge in [0.05, 0.1) is 23.2 Å². The zero-order valence-corrected chi connectivity index (χ0v) is 16.7. The van der Waals surface area contributed by atoms with Gasteiger partial charge >= 0.3 is 0 Å². The van der Waals surface area contributed by atoms with E-state index in [1.165, 1.54) is 24.6 Å². The summed E-state index contributed by atoms with van der Waals surface area (Å²) >= 11 is 7.95. The van der Waals surface area contributed by atoms with Crippen molar-refractivity contribution in [3.05, 3.63) is 57.2 Å². The first-order valence-electron chi connectivity index (χ1n) is 9.15. The molecule has 1 aliphatic heterocycles. The molecule has 2 heterocycles. The number of rotatable bonds is 4. The molecule has 2 aliphatic rings. The molecule has 27 heavy (non-hydrogen) atoms. The summed E-state index contributed by atoms with van der Waals surface area (Å²) in [5.74, 6) is -0.122. The fourth-order valence-corrected chi connectivity index (χ4v) is 4.57. The van der Waals surface area contributed by atoms with Crippen LogP contribution in [0.2, 0.25) is 5.15 Å². The lowest BCUT2D eigenvalue weighted by molar-refractivity contribution is -0.115. The van der Waals surface area contributed by atoms with Gasteiger partial charge in [-0.2, -0.15) is 5.10 Å². The SMILES string of the molecule is Cc1nn(Cc2ccccc2)c(Cl)c1/C=C1\SC(=NC2CCCC2)NC1=O. The van der Waals surface area contributed by atoms with Crippen molar-refractivity contribution in [2.75, 3.05) is 0 Å². The average molecular weight is 401 g/mol. The van der Waals surface area contributed by atoms with Gasteiger partial charge in [-0.3, -0.25) is 9.79 Å². The second-order valence-corrected chi connectivity index (χ2v) is 8.26. The van der Waals surface area contributed by atoms with Crippen molar-refractivity contribution in [1.29, 1.82) is 0 Å². The van der Waals surface area contributed by atoms with Crippen LogP contribution < -0.4 is 5.32 Å². The third-order valence-electron chi connectivity index (χ3n) is 4.84. The lowest BCUT2D eigenvalue weighted by Gasteiger charge is -2.03. The highest BCUT2D eigenvalue weighted by Gasteiger charge is 2.26. The fourth-order valence-electron chi connectivity index (χ4n) is 3.41. The van der Waals surface area contributed by atoms with Crippen LogP contribution in [0.1, 0.15) is 42.5 Å². The van der Waals surface area contributed by atoms with Crippen molar-refractivity contribution in [3.8, 4) is 0 Å². The molecule has 0 unspecified atom stereocenters. The van der Waals surface area contributed by atoms with Crippen LogP contribution in [-0.2, 0) is 11.3 Å². The summed E-state index contributed by atoms with van der Waals surface area (Å²) in [4.78, 5) is 17.6. The quantitative estimate of drug-likeness (QED) is 0.774. The molecule has 140 valence electrons. The van der Waals surface area contributed by atoms with Gasteiger partial charge in [0.25, 0.3) is 5.91 Å². The first kappa shape index (κ1) is 18.3. The maximum Gasteiger partial charge on any atom is 0.264 e. The molecule has 1 N–H and O–H groups in total. The van der Waals surface area contributed by atoms with E-state index in [1.54, 1.807) is 4.68 Å². The smallest absolute Gasteiger partial charge is 0.264 e. The number of nitrogens with one attached hydrogen (secondary N) is 1. The lowest BCUT2D eigenvalue weighted by Crippen LogP contribution is -2.21. The molecule has 1 amide bonds. The van der Waals surface area contributed by atoms with Gasteiger partial charge in [0.2, 0.25) is 0 Å². The third kappa shape index (κ3) is 4.12. The minimum Gasteiger partial charge on any atom is -0.301 e. The molecule has 5 nitrogen and oxygen atoms in total. The molecular formula is C20H21ClN4OS. The van der Waals surface area contributed by atoms with E-state index in [0.29, 0.717) is 27.8 Å². The number of amides is 1. The second-order valence-electron chi connectivity index (χ2n) is 6.87. The molecule has 4 rings (SSSR count). The summed E-state index contributed by atoms with van der Waals surface area (Å²) in [5.41, 5.74) is 2.71. The van der Waals surface area contributed by atoms with E-state index >= 15 is 0 Å². The Labute approximate surface area is 167 Å². The molecule has 0 spiro atoms. The molecule has 0 atom stereocenters. The van der Waals surface area contributed by atoms with E-state index in [-0.39, 0.29) is 5.91 Å². The Kier molecular flexibility index (Phi) is 5.36. The van der Waals surface area contributed by atoms with E-state index in [4.69, 9.17) is 11.6 Å². The Morgan fingerprint density at radius 2 is 2.07 bits per heavy atom. The predicted molar refractivity (Wildman–Crippen MR) is 111 cm³/mol. The van der Waals surface area contributed by atoms with Gasteiger partial charge in [-0.15, -0.1) is 0 Å². The topological polar surface area (TPSA) is 59.3 Å². The molecule has 2 aromatic rings. The molecule has 1 aromatic carbocycles. The number of aryl methyl sites for hydroxylation is 1. The van der Waals surface area contributed by atoms with E-state index < -0.39 is 0 Å². The highest BCUT2D eigenvalue weighted by Crippen LogP contribution is 2.31. The van der Waals surface area contributed by atoms with Gasteiger partial charge in [0, 0.05) is 5.56 Å². The number of nitrogens with zero attached hydrogens (tertiary/aromatic N) is 3. The Balaban J connectivity index is 1.55. The largest absolute Gasteiger partial charge is 0.301 e. The molecule has 0 bridgehead atoms. The Hall–Kier alpha value is -2.05.